The molecule has 0 atom stereocenters. The van der Waals surface area contributed by atoms with Gasteiger partial charge in [-0.05, 0) is 5.92 Å². The number of rotatable bonds is 3. The molecule has 0 amide bonds. The first-order valence-electron chi connectivity index (χ1n) is 4.94. The molecule has 2 aromatic heterocycles. The van der Waals surface area contributed by atoms with Crippen molar-refractivity contribution in [1.29, 1.82) is 0 Å². The van der Waals surface area contributed by atoms with Crippen molar-refractivity contribution in [1.82, 2.24) is 14.8 Å². The van der Waals surface area contributed by atoms with Gasteiger partial charge in [-0.2, -0.15) is 9.78 Å². The number of aromatic nitrogens is 3. The Balaban J connectivity index is 2.64. The molecule has 0 aliphatic carbocycles. The summed E-state index contributed by atoms with van der Waals surface area (Å²) in [6, 6.07) is 0. The van der Waals surface area contributed by atoms with Crippen molar-refractivity contribution < 1.29 is 9.90 Å². The first kappa shape index (κ1) is 12.1. The summed E-state index contributed by atoms with van der Waals surface area (Å²) in [6.45, 7) is 3.74. The molecule has 0 aliphatic heterocycles. The lowest BCUT2D eigenvalue weighted by molar-refractivity contribution is 0.0695. The van der Waals surface area contributed by atoms with Gasteiger partial charge in [0.05, 0.1) is 5.69 Å². The molecule has 0 fully saturated rings. The van der Waals surface area contributed by atoms with Crippen LogP contribution >= 0.6 is 22.9 Å². The van der Waals surface area contributed by atoms with Crippen molar-refractivity contribution in [2.75, 3.05) is 0 Å². The van der Waals surface area contributed by atoms with Crippen LogP contribution in [0.2, 0.25) is 5.15 Å². The molecule has 0 unspecified atom stereocenters. The van der Waals surface area contributed by atoms with Crippen LogP contribution < -0.4 is 0 Å². The van der Waals surface area contributed by atoms with Gasteiger partial charge in [-0.1, -0.05) is 25.4 Å². The van der Waals surface area contributed by atoms with Gasteiger partial charge in [0.15, 0.2) is 0 Å². The second kappa shape index (κ2) is 4.46. The molecule has 0 aliphatic rings. The fourth-order valence-electron chi connectivity index (χ4n) is 1.46. The van der Waals surface area contributed by atoms with Crippen LogP contribution in [0.3, 0.4) is 0 Å². The van der Waals surface area contributed by atoms with E-state index in [4.69, 9.17) is 16.7 Å². The molecule has 0 aromatic carbocycles. The Morgan fingerprint density at radius 1 is 1.59 bits per heavy atom. The predicted octanol–water partition coefficient (Wildman–Crippen LogP) is 2.80. The molecule has 17 heavy (non-hydrogen) atoms. The van der Waals surface area contributed by atoms with Crippen LogP contribution in [0.1, 0.15) is 35.8 Å². The van der Waals surface area contributed by atoms with Crippen molar-refractivity contribution in [2.45, 2.75) is 19.8 Å². The van der Waals surface area contributed by atoms with Gasteiger partial charge in [0, 0.05) is 11.6 Å². The summed E-state index contributed by atoms with van der Waals surface area (Å²) in [5.41, 5.74) is 0.523. The van der Waals surface area contributed by atoms with E-state index in [1.54, 1.807) is 11.6 Å². The predicted molar refractivity (Wildman–Crippen MR) is 65.3 cm³/mol. The monoisotopic (exact) mass is 271 g/mol. The minimum absolute atomic E-state index is 0.0141. The maximum absolute atomic E-state index is 11.2. The van der Waals surface area contributed by atoms with Crippen molar-refractivity contribution in [3.63, 3.8) is 0 Å². The summed E-state index contributed by atoms with van der Waals surface area (Å²) in [5, 5.41) is 15.8. The Labute approximate surface area is 107 Å². The molecule has 2 heterocycles. The summed E-state index contributed by atoms with van der Waals surface area (Å²) < 4.78 is 1.37. The number of thiazole rings is 1. The topological polar surface area (TPSA) is 68.0 Å². The normalized spacial score (nSPS) is 11.1. The van der Waals surface area contributed by atoms with Crippen LogP contribution in [0.15, 0.2) is 11.6 Å². The van der Waals surface area contributed by atoms with Gasteiger partial charge in [-0.25, -0.2) is 9.78 Å². The van der Waals surface area contributed by atoms with E-state index in [0.29, 0.717) is 10.8 Å². The Morgan fingerprint density at radius 3 is 2.71 bits per heavy atom. The van der Waals surface area contributed by atoms with Crippen molar-refractivity contribution in [3.8, 4) is 5.13 Å². The first-order chi connectivity index (χ1) is 8.02. The molecule has 0 radical (unpaired) electrons. The van der Waals surface area contributed by atoms with Gasteiger partial charge >= 0.3 is 5.97 Å². The fraction of sp³-hybridized carbons (Fsp3) is 0.300. The molecule has 7 heteroatoms. The van der Waals surface area contributed by atoms with E-state index in [0.717, 1.165) is 0 Å². The third-order valence-corrected chi connectivity index (χ3v) is 3.31. The number of halogens is 1. The van der Waals surface area contributed by atoms with Crippen LogP contribution in [0, 0.1) is 0 Å². The Morgan fingerprint density at radius 2 is 2.29 bits per heavy atom. The number of aromatic carboxylic acids is 1. The average molecular weight is 272 g/mol. The third-order valence-electron chi connectivity index (χ3n) is 2.22. The smallest absolute Gasteiger partial charge is 0.340 e. The SMILES string of the molecule is CC(C)c1nn(-c2nccs2)c(Cl)c1C(=O)O. The lowest BCUT2D eigenvalue weighted by atomic mass is 10.1. The Kier molecular flexibility index (Phi) is 3.17. The molecule has 0 bridgehead atoms. The summed E-state index contributed by atoms with van der Waals surface area (Å²) in [6.07, 6.45) is 1.62. The van der Waals surface area contributed by atoms with Crippen molar-refractivity contribution in [2.24, 2.45) is 0 Å². The molecule has 1 N–H and O–H groups in total. The van der Waals surface area contributed by atoms with Crippen LogP contribution in [0.25, 0.3) is 5.13 Å². The van der Waals surface area contributed by atoms with Crippen molar-refractivity contribution >= 4 is 28.9 Å². The highest BCUT2D eigenvalue weighted by Crippen LogP contribution is 2.28. The Hall–Kier alpha value is -1.40. The summed E-state index contributed by atoms with van der Waals surface area (Å²) in [5.74, 6) is -1.08. The minimum atomic E-state index is -1.07. The van der Waals surface area contributed by atoms with E-state index in [2.05, 4.69) is 10.1 Å². The maximum atomic E-state index is 11.2. The second-order valence-corrected chi connectivity index (χ2v) is 4.97. The minimum Gasteiger partial charge on any atom is -0.478 e. The zero-order chi connectivity index (χ0) is 12.6. The highest BCUT2D eigenvalue weighted by molar-refractivity contribution is 7.12. The zero-order valence-electron chi connectivity index (χ0n) is 9.22. The molecular weight excluding hydrogens is 262 g/mol. The zero-order valence-corrected chi connectivity index (χ0v) is 10.8. The molecule has 5 nitrogen and oxygen atoms in total. The molecule has 0 spiro atoms. The summed E-state index contributed by atoms with van der Waals surface area (Å²) in [4.78, 5) is 15.2. The summed E-state index contributed by atoms with van der Waals surface area (Å²) in [7, 11) is 0. The van der Waals surface area contributed by atoms with Crippen molar-refractivity contribution in [3.05, 3.63) is 28.0 Å². The molecule has 90 valence electrons. The van der Waals surface area contributed by atoms with Crippen LogP contribution in [0.4, 0.5) is 0 Å². The van der Waals surface area contributed by atoms with E-state index in [9.17, 15) is 4.79 Å². The fourth-order valence-corrected chi connectivity index (χ4v) is 2.41. The van der Waals surface area contributed by atoms with Gasteiger partial charge in [0.2, 0.25) is 5.13 Å². The van der Waals surface area contributed by atoms with E-state index >= 15 is 0 Å². The lowest BCUT2D eigenvalue weighted by Crippen LogP contribution is -2.01. The number of hydrogen-bond donors (Lipinski definition) is 1. The molecule has 0 saturated heterocycles. The molecule has 2 aromatic rings. The first-order valence-corrected chi connectivity index (χ1v) is 6.19. The lowest BCUT2D eigenvalue weighted by Gasteiger charge is -2.00. The van der Waals surface area contributed by atoms with Gasteiger partial charge in [0.25, 0.3) is 0 Å². The molecule has 2 rings (SSSR count). The van der Waals surface area contributed by atoms with Crippen LogP contribution in [-0.4, -0.2) is 25.8 Å². The van der Waals surface area contributed by atoms with E-state index in [-0.39, 0.29) is 16.6 Å². The van der Waals surface area contributed by atoms with E-state index < -0.39 is 5.97 Å². The quantitative estimate of drug-likeness (QED) is 0.932. The maximum Gasteiger partial charge on any atom is 0.340 e. The Bertz CT molecular complexity index is 548. The molecule has 0 saturated carbocycles. The highest BCUT2D eigenvalue weighted by atomic mass is 35.5. The van der Waals surface area contributed by atoms with Crippen LogP contribution in [0.5, 0.6) is 0 Å². The van der Waals surface area contributed by atoms with E-state index in [1.807, 2.05) is 13.8 Å². The average Bonchev–Trinajstić information content (AvgIpc) is 2.83. The van der Waals surface area contributed by atoms with Gasteiger partial charge in [0.1, 0.15) is 10.7 Å². The third kappa shape index (κ3) is 2.05. The number of carbonyl (C=O) groups is 1. The summed E-state index contributed by atoms with van der Waals surface area (Å²) >= 11 is 7.39. The van der Waals surface area contributed by atoms with Crippen LogP contribution in [-0.2, 0) is 0 Å². The van der Waals surface area contributed by atoms with E-state index in [1.165, 1.54) is 16.0 Å². The highest BCUT2D eigenvalue weighted by Gasteiger charge is 2.25. The standard InChI is InChI=1S/C10H10ClN3O2S/c1-5(2)7-6(9(15)16)8(11)14(13-7)10-12-3-4-17-10/h3-5H,1-2H3,(H,15,16). The number of carboxylic acid groups (broad SMARTS) is 1. The second-order valence-electron chi connectivity index (χ2n) is 3.74. The molecular formula is C10H10ClN3O2S. The van der Waals surface area contributed by atoms with Gasteiger partial charge in [-0.15, -0.1) is 11.3 Å². The largest absolute Gasteiger partial charge is 0.478 e. The number of hydrogen-bond acceptors (Lipinski definition) is 4. The number of carboxylic acids is 1. The van der Waals surface area contributed by atoms with Gasteiger partial charge in [-0.3, -0.25) is 0 Å². The number of nitrogens with zero attached hydrogens (tertiary/aromatic N) is 3. The van der Waals surface area contributed by atoms with Gasteiger partial charge < -0.3 is 5.11 Å².